The third-order valence-electron chi connectivity index (χ3n) is 6.80. The summed E-state index contributed by atoms with van der Waals surface area (Å²) < 4.78 is 65.4. The number of rotatable bonds is 4. The summed E-state index contributed by atoms with van der Waals surface area (Å²) in [6.07, 6.45) is 5.77. The molecule has 3 aliphatic rings. The van der Waals surface area contributed by atoms with E-state index in [0.717, 1.165) is 56.2 Å². The molecule has 156 valence electrons. The van der Waals surface area contributed by atoms with Crippen LogP contribution in [0.5, 0.6) is 5.75 Å². The van der Waals surface area contributed by atoms with Crippen molar-refractivity contribution in [2.45, 2.75) is 55.5 Å². The molecule has 0 amide bonds. The van der Waals surface area contributed by atoms with Crippen LogP contribution in [0, 0.1) is 5.92 Å². The number of halogens is 3. The Labute approximate surface area is 162 Å². The Morgan fingerprint density at radius 2 is 2.04 bits per heavy atom. The molecule has 0 spiro atoms. The second-order valence-corrected chi connectivity index (χ2v) is 9.63. The van der Waals surface area contributed by atoms with E-state index < -0.39 is 15.6 Å². The van der Waals surface area contributed by atoms with Crippen molar-refractivity contribution in [3.05, 3.63) is 29.3 Å². The zero-order valence-electron chi connectivity index (χ0n) is 15.4. The minimum absolute atomic E-state index is 0.102. The van der Waals surface area contributed by atoms with Crippen LogP contribution in [0.15, 0.2) is 18.2 Å². The predicted octanol–water partition coefficient (Wildman–Crippen LogP) is 2.97. The second-order valence-electron chi connectivity index (χ2n) is 8.09. The van der Waals surface area contributed by atoms with Crippen molar-refractivity contribution >= 4 is 10.1 Å². The number of hydrogen-bond acceptors (Lipinski definition) is 5. The second kappa shape index (κ2) is 6.88. The molecule has 2 aliphatic carbocycles. The van der Waals surface area contributed by atoms with Gasteiger partial charge in [-0.05, 0) is 61.4 Å². The van der Waals surface area contributed by atoms with Gasteiger partial charge in [-0.25, -0.2) is 0 Å². The van der Waals surface area contributed by atoms with Crippen molar-refractivity contribution in [3.63, 3.8) is 0 Å². The maximum absolute atomic E-state index is 12.7. The van der Waals surface area contributed by atoms with Crippen LogP contribution in [0.4, 0.5) is 13.2 Å². The summed E-state index contributed by atoms with van der Waals surface area (Å²) in [6, 6.07) is 4.85. The van der Waals surface area contributed by atoms with Crippen LogP contribution >= 0.6 is 0 Å². The molecule has 1 saturated carbocycles. The van der Waals surface area contributed by atoms with Crippen molar-refractivity contribution in [1.82, 2.24) is 4.90 Å². The molecule has 9 heteroatoms. The van der Waals surface area contributed by atoms with Gasteiger partial charge in [-0.1, -0.05) is 18.9 Å². The smallest absolute Gasteiger partial charge is 0.395 e. The molecule has 2 bridgehead atoms. The summed E-state index contributed by atoms with van der Waals surface area (Å²) in [5, 5.41) is 9.41. The van der Waals surface area contributed by atoms with Gasteiger partial charge in [0, 0.05) is 18.0 Å². The maximum atomic E-state index is 12.7. The van der Waals surface area contributed by atoms with Gasteiger partial charge in [-0.2, -0.15) is 21.6 Å². The summed E-state index contributed by atoms with van der Waals surface area (Å²) in [6.45, 7) is 1.55. The molecule has 3 atom stereocenters. The fourth-order valence-electron chi connectivity index (χ4n) is 5.70. The molecule has 5 nitrogen and oxygen atoms in total. The van der Waals surface area contributed by atoms with E-state index in [1.807, 2.05) is 0 Å². The van der Waals surface area contributed by atoms with Crippen LogP contribution < -0.4 is 4.18 Å². The van der Waals surface area contributed by atoms with Gasteiger partial charge in [0.15, 0.2) is 0 Å². The monoisotopic (exact) mass is 419 g/mol. The lowest BCUT2D eigenvalue weighted by atomic mass is 9.52. The Morgan fingerprint density at radius 3 is 2.75 bits per heavy atom. The molecular weight excluding hydrogens is 395 g/mol. The van der Waals surface area contributed by atoms with Crippen molar-refractivity contribution in [2.24, 2.45) is 5.92 Å². The van der Waals surface area contributed by atoms with Gasteiger partial charge in [0.05, 0.1) is 6.61 Å². The highest BCUT2D eigenvalue weighted by atomic mass is 32.2. The summed E-state index contributed by atoms with van der Waals surface area (Å²) in [4.78, 5) is 2.33. The van der Waals surface area contributed by atoms with Gasteiger partial charge < -0.3 is 9.29 Å². The first kappa shape index (κ1) is 20.0. The molecule has 2 fully saturated rings. The van der Waals surface area contributed by atoms with E-state index in [1.54, 1.807) is 6.07 Å². The summed E-state index contributed by atoms with van der Waals surface area (Å²) in [7, 11) is -5.68. The Hall–Kier alpha value is -1.32. The molecule has 4 rings (SSSR count). The molecule has 1 aromatic carbocycles. The number of nitrogens with zero attached hydrogens (tertiary/aromatic N) is 1. The number of β-amino-alcohol motifs (C(OH)–C–C–N with tert-alkyl or cyclic N) is 1. The van der Waals surface area contributed by atoms with Crippen molar-refractivity contribution in [2.75, 3.05) is 19.7 Å². The van der Waals surface area contributed by atoms with Gasteiger partial charge in [-0.3, -0.25) is 4.90 Å². The minimum atomic E-state index is -5.68. The summed E-state index contributed by atoms with van der Waals surface area (Å²) in [5.41, 5.74) is -3.60. The maximum Gasteiger partial charge on any atom is 0.534 e. The van der Waals surface area contributed by atoms with E-state index in [-0.39, 0.29) is 17.8 Å². The Bertz CT molecular complexity index is 857. The van der Waals surface area contributed by atoms with Gasteiger partial charge in [0.2, 0.25) is 0 Å². The van der Waals surface area contributed by atoms with Crippen molar-refractivity contribution in [1.29, 1.82) is 0 Å². The quantitative estimate of drug-likeness (QED) is 0.601. The predicted molar refractivity (Wildman–Crippen MR) is 96.4 cm³/mol. The van der Waals surface area contributed by atoms with E-state index >= 15 is 0 Å². The number of aliphatic hydroxyl groups excluding tert-OH is 1. The van der Waals surface area contributed by atoms with Crippen LogP contribution in [0.3, 0.4) is 0 Å². The molecule has 1 N–H and O–H groups in total. The molecule has 1 aliphatic heterocycles. The van der Waals surface area contributed by atoms with Crippen LogP contribution in [-0.2, 0) is 22.0 Å². The van der Waals surface area contributed by atoms with Crippen LogP contribution in [-0.4, -0.2) is 49.7 Å². The fourth-order valence-corrected chi connectivity index (χ4v) is 6.15. The minimum Gasteiger partial charge on any atom is -0.395 e. The molecule has 1 aromatic rings. The number of alkyl halides is 3. The normalized spacial score (nSPS) is 30.4. The number of aliphatic hydroxyl groups is 1. The Balaban J connectivity index is 1.73. The lowest BCUT2D eigenvalue weighted by Gasteiger charge is -2.59. The van der Waals surface area contributed by atoms with E-state index in [4.69, 9.17) is 0 Å². The summed E-state index contributed by atoms with van der Waals surface area (Å²) >= 11 is 0. The van der Waals surface area contributed by atoms with Crippen molar-refractivity contribution in [3.8, 4) is 5.75 Å². The van der Waals surface area contributed by atoms with Crippen LogP contribution in [0.2, 0.25) is 0 Å². The first-order valence-corrected chi connectivity index (χ1v) is 11.1. The zero-order chi connectivity index (χ0) is 20.2. The number of piperidine rings is 1. The SMILES string of the molecule is O=S(=O)(Oc1ccc2c(c1)[C@@]13CCCC[C@H]1[C@@H](C2)N(CCO)CC3)C(F)(F)F. The van der Waals surface area contributed by atoms with Crippen LogP contribution in [0.1, 0.15) is 43.2 Å². The standard InChI is InChI=1S/C19H24F3NO4S/c20-19(21,22)28(25,26)27-14-5-4-13-11-17-15-3-1-2-6-18(15,16(13)12-14)7-8-23(17)9-10-24/h4-5,12,15,17,24H,1-3,6-11H2/t15-,17+,18+/m0/s1. The van der Waals surface area contributed by atoms with Crippen LogP contribution in [0.25, 0.3) is 0 Å². The molecule has 1 saturated heterocycles. The topological polar surface area (TPSA) is 66.8 Å². The van der Waals surface area contributed by atoms with E-state index in [0.29, 0.717) is 18.5 Å². The third kappa shape index (κ3) is 3.11. The Kier molecular flexibility index (Phi) is 4.91. The number of fused-ring (bicyclic) bond motifs is 1. The van der Waals surface area contributed by atoms with E-state index in [2.05, 4.69) is 9.08 Å². The molecule has 1 heterocycles. The average molecular weight is 419 g/mol. The highest BCUT2D eigenvalue weighted by Crippen LogP contribution is 2.56. The summed E-state index contributed by atoms with van der Waals surface area (Å²) in [5.74, 6) is 0.0922. The molecule has 0 unspecified atom stereocenters. The number of hydrogen-bond donors (Lipinski definition) is 1. The highest BCUT2D eigenvalue weighted by Gasteiger charge is 2.54. The first-order valence-electron chi connectivity index (χ1n) is 9.67. The Morgan fingerprint density at radius 1 is 1.25 bits per heavy atom. The number of benzene rings is 1. The number of likely N-dealkylation sites (tertiary alicyclic amines) is 1. The molecule has 0 aromatic heterocycles. The third-order valence-corrected chi connectivity index (χ3v) is 7.78. The highest BCUT2D eigenvalue weighted by molar-refractivity contribution is 7.88. The van der Waals surface area contributed by atoms with Gasteiger partial charge in [-0.15, -0.1) is 0 Å². The van der Waals surface area contributed by atoms with Gasteiger partial charge in [0.1, 0.15) is 5.75 Å². The lowest BCUT2D eigenvalue weighted by molar-refractivity contribution is -0.0500. The van der Waals surface area contributed by atoms with Gasteiger partial charge >= 0.3 is 15.6 Å². The lowest BCUT2D eigenvalue weighted by Crippen LogP contribution is -2.61. The average Bonchev–Trinajstić information content (AvgIpc) is 2.63. The zero-order valence-corrected chi connectivity index (χ0v) is 16.2. The molecule has 28 heavy (non-hydrogen) atoms. The van der Waals surface area contributed by atoms with E-state index in [1.165, 1.54) is 12.1 Å². The van der Waals surface area contributed by atoms with E-state index in [9.17, 15) is 26.7 Å². The van der Waals surface area contributed by atoms with Gasteiger partial charge in [0.25, 0.3) is 0 Å². The first-order chi connectivity index (χ1) is 13.2. The van der Waals surface area contributed by atoms with Crippen molar-refractivity contribution < 1.29 is 30.9 Å². The fraction of sp³-hybridized carbons (Fsp3) is 0.684. The molecular formula is C19H24F3NO4S. The largest absolute Gasteiger partial charge is 0.534 e. The molecule has 0 radical (unpaired) electrons.